The number of carbonyl (C=O) groups is 1. The Hall–Kier alpha value is -3.55. The van der Waals surface area contributed by atoms with E-state index in [4.69, 9.17) is 4.74 Å². The molecule has 38 heavy (non-hydrogen) atoms. The van der Waals surface area contributed by atoms with E-state index in [0.29, 0.717) is 19.6 Å². The molecule has 2 N–H and O–H groups in total. The van der Waals surface area contributed by atoms with Gasteiger partial charge in [0, 0.05) is 13.2 Å². The number of aliphatic hydroxyl groups is 1. The minimum atomic E-state index is -0.812. The summed E-state index contributed by atoms with van der Waals surface area (Å²) in [6.45, 7) is 6.07. The Balaban J connectivity index is 1.38. The van der Waals surface area contributed by atoms with Gasteiger partial charge in [0.25, 0.3) is 0 Å². The number of carboxylic acids is 1. The fourth-order valence-corrected chi connectivity index (χ4v) is 4.99. The highest BCUT2D eigenvalue weighted by Gasteiger charge is 2.21. The quantitative estimate of drug-likeness (QED) is 0.208. The minimum Gasteiger partial charge on any atom is -0.481 e. The van der Waals surface area contributed by atoms with Crippen LogP contribution in [0.2, 0.25) is 0 Å². The molecule has 0 spiro atoms. The van der Waals surface area contributed by atoms with Crippen molar-refractivity contribution in [2.24, 2.45) is 0 Å². The van der Waals surface area contributed by atoms with Crippen molar-refractivity contribution in [3.8, 4) is 0 Å². The zero-order valence-electron chi connectivity index (χ0n) is 22.3. The molecule has 1 atom stereocenters. The van der Waals surface area contributed by atoms with E-state index in [9.17, 15) is 15.0 Å². The standard InChI is InChI=1S/C31H37N3O4/c1-22-10-11-24(18-27(22)20-35)12-13-26(19-30(36)37)28-14-15-29-31(23(28)2)32-33-34(29)16-6-7-17-38-21-25-8-4-3-5-9-25/h3-5,8-11,14-15,18,26,35H,6-7,12-13,16-17,19-21H2,1-2H3,(H,36,37). The van der Waals surface area contributed by atoms with Crippen molar-refractivity contribution in [1.29, 1.82) is 0 Å². The van der Waals surface area contributed by atoms with Gasteiger partial charge < -0.3 is 14.9 Å². The fourth-order valence-electron chi connectivity index (χ4n) is 4.99. The zero-order valence-corrected chi connectivity index (χ0v) is 22.3. The normalized spacial score (nSPS) is 12.2. The van der Waals surface area contributed by atoms with E-state index in [0.717, 1.165) is 64.7 Å². The molecule has 4 rings (SSSR count). The maximum Gasteiger partial charge on any atom is 0.303 e. The van der Waals surface area contributed by atoms with Crippen molar-refractivity contribution in [2.75, 3.05) is 6.61 Å². The van der Waals surface area contributed by atoms with Crippen molar-refractivity contribution in [1.82, 2.24) is 15.0 Å². The summed E-state index contributed by atoms with van der Waals surface area (Å²) in [5.74, 6) is -0.949. The van der Waals surface area contributed by atoms with Gasteiger partial charge in [0.05, 0.1) is 25.2 Å². The molecule has 0 radical (unpaired) electrons. The molecule has 200 valence electrons. The predicted octanol–water partition coefficient (Wildman–Crippen LogP) is 5.73. The molecule has 7 heteroatoms. The van der Waals surface area contributed by atoms with Crippen molar-refractivity contribution >= 4 is 17.0 Å². The number of aliphatic hydroxyl groups excluding tert-OH is 1. The largest absolute Gasteiger partial charge is 0.481 e. The van der Waals surface area contributed by atoms with E-state index in [1.165, 1.54) is 5.56 Å². The number of ether oxygens (including phenoxy) is 1. The number of hydrogen-bond acceptors (Lipinski definition) is 5. The number of benzene rings is 3. The highest BCUT2D eigenvalue weighted by Crippen LogP contribution is 2.32. The van der Waals surface area contributed by atoms with Gasteiger partial charge in [0.1, 0.15) is 5.52 Å². The summed E-state index contributed by atoms with van der Waals surface area (Å²) in [5.41, 5.74) is 8.05. The van der Waals surface area contributed by atoms with Gasteiger partial charge in [-0.3, -0.25) is 4.79 Å². The van der Waals surface area contributed by atoms with E-state index in [-0.39, 0.29) is 18.9 Å². The van der Waals surface area contributed by atoms with Crippen molar-refractivity contribution in [2.45, 2.75) is 71.6 Å². The monoisotopic (exact) mass is 515 g/mol. The van der Waals surface area contributed by atoms with Gasteiger partial charge in [0.2, 0.25) is 0 Å². The van der Waals surface area contributed by atoms with Gasteiger partial charge in [-0.1, -0.05) is 59.8 Å². The van der Waals surface area contributed by atoms with Crippen LogP contribution in [0.15, 0.2) is 60.7 Å². The molecule has 3 aromatic carbocycles. The maximum atomic E-state index is 11.7. The van der Waals surface area contributed by atoms with Gasteiger partial charge >= 0.3 is 5.97 Å². The molecular formula is C31H37N3O4. The Labute approximate surface area is 224 Å². The van der Waals surface area contributed by atoms with Crippen LogP contribution in [0.5, 0.6) is 0 Å². The Morgan fingerprint density at radius 1 is 1.03 bits per heavy atom. The van der Waals surface area contributed by atoms with Crippen molar-refractivity contribution < 1.29 is 19.7 Å². The molecule has 0 saturated carbocycles. The topological polar surface area (TPSA) is 97.5 Å². The van der Waals surface area contributed by atoms with Crippen LogP contribution in [0.4, 0.5) is 0 Å². The smallest absolute Gasteiger partial charge is 0.303 e. The second-order valence-corrected chi connectivity index (χ2v) is 9.96. The molecule has 0 bridgehead atoms. The molecule has 0 fully saturated rings. The molecule has 7 nitrogen and oxygen atoms in total. The van der Waals surface area contributed by atoms with E-state index in [1.54, 1.807) is 0 Å². The van der Waals surface area contributed by atoms with Crippen molar-refractivity contribution in [3.05, 3.63) is 94.0 Å². The molecule has 0 aliphatic heterocycles. The van der Waals surface area contributed by atoms with E-state index < -0.39 is 5.97 Å². The molecule has 1 unspecified atom stereocenters. The number of carboxylic acid groups (broad SMARTS) is 1. The molecule has 0 aliphatic carbocycles. The number of aryl methyl sites for hydroxylation is 4. The third kappa shape index (κ3) is 7.05. The summed E-state index contributed by atoms with van der Waals surface area (Å²) in [6, 6.07) is 20.3. The summed E-state index contributed by atoms with van der Waals surface area (Å²) >= 11 is 0. The van der Waals surface area contributed by atoms with Crippen molar-refractivity contribution in [3.63, 3.8) is 0 Å². The predicted molar refractivity (Wildman–Crippen MR) is 148 cm³/mol. The number of nitrogens with zero attached hydrogens (tertiary/aromatic N) is 3. The molecular weight excluding hydrogens is 478 g/mol. The second-order valence-electron chi connectivity index (χ2n) is 9.96. The lowest BCUT2D eigenvalue weighted by Crippen LogP contribution is -2.10. The van der Waals surface area contributed by atoms with Crippen LogP contribution in [0.25, 0.3) is 11.0 Å². The third-order valence-electron chi connectivity index (χ3n) is 7.23. The van der Waals surface area contributed by atoms with E-state index >= 15 is 0 Å². The number of hydrogen-bond donors (Lipinski definition) is 2. The number of unbranched alkanes of at least 4 members (excludes halogenated alkanes) is 1. The summed E-state index contributed by atoms with van der Waals surface area (Å²) in [5, 5.41) is 28.1. The maximum absolute atomic E-state index is 11.7. The summed E-state index contributed by atoms with van der Waals surface area (Å²) in [4.78, 5) is 11.7. The first-order valence-electron chi connectivity index (χ1n) is 13.3. The van der Waals surface area contributed by atoms with E-state index in [2.05, 4.69) is 28.5 Å². The summed E-state index contributed by atoms with van der Waals surface area (Å²) in [6.07, 6.45) is 3.36. The Kier molecular flexibility index (Phi) is 9.62. The van der Waals surface area contributed by atoms with Crippen LogP contribution in [0.1, 0.15) is 65.0 Å². The highest BCUT2D eigenvalue weighted by molar-refractivity contribution is 5.80. The van der Waals surface area contributed by atoms with Crippen LogP contribution in [-0.2, 0) is 35.7 Å². The van der Waals surface area contributed by atoms with Gasteiger partial charge in [-0.15, -0.1) is 5.10 Å². The molecule has 1 heterocycles. The highest BCUT2D eigenvalue weighted by atomic mass is 16.5. The fraction of sp³-hybridized carbons (Fsp3) is 0.387. The summed E-state index contributed by atoms with van der Waals surface area (Å²) in [7, 11) is 0. The Bertz CT molecular complexity index is 1350. The number of fused-ring (bicyclic) bond motifs is 1. The van der Waals surface area contributed by atoms with Crippen LogP contribution in [-0.4, -0.2) is 37.8 Å². The molecule has 0 aliphatic rings. The first-order valence-corrected chi connectivity index (χ1v) is 13.3. The van der Waals surface area contributed by atoms with Gasteiger partial charge in [-0.2, -0.15) is 0 Å². The number of rotatable bonds is 14. The minimum absolute atomic E-state index is 0.00434. The molecule has 4 aromatic rings. The number of aromatic nitrogens is 3. The van der Waals surface area contributed by atoms with Gasteiger partial charge in [0.15, 0.2) is 0 Å². The first-order chi connectivity index (χ1) is 18.5. The first kappa shape index (κ1) is 27.5. The second kappa shape index (κ2) is 13.3. The lowest BCUT2D eigenvalue weighted by Gasteiger charge is -2.18. The average molecular weight is 516 g/mol. The van der Waals surface area contributed by atoms with Crippen LogP contribution in [0, 0.1) is 13.8 Å². The Morgan fingerprint density at radius 2 is 1.84 bits per heavy atom. The molecule has 0 saturated heterocycles. The Morgan fingerprint density at radius 3 is 2.61 bits per heavy atom. The lowest BCUT2D eigenvalue weighted by atomic mass is 9.86. The lowest BCUT2D eigenvalue weighted by molar-refractivity contribution is -0.137. The van der Waals surface area contributed by atoms with Gasteiger partial charge in [-0.05, 0) is 84.9 Å². The third-order valence-corrected chi connectivity index (χ3v) is 7.23. The van der Waals surface area contributed by atoms with Crippen LogP contribution < -0.4 is 0 Å². The summed E-state index contributed by atoms with van der Waals surface area (Å²) < 4.78 is 7.72. The number of aliphatic carboxylic acids is 1. The van der Waals surface area contributed by atoms with E-state index in [1.807, 2.05) is 61.0 Å². The molecule has 1 aromatic heterocycles. The van der Waals surface area contributed by atoms with Crippen LogP contribution in [0.3, 0.4) is 0 Å². The van der Waals surface area contributed by atoms with Crippen LogP contribution >= 0.6 is 0 Å². The zero-order chi connectivity index (χ0) is 26.9. The molecule has 0 amide bonds. The average Bonchev–Trinajstić information content (AvgIpc) is 3.34. The van der Waals surface area contributed by atoms with Gasteiger partial charge in [-0.25, -0.2) is 4.68 Å². The SMILES string of the molecule is Cc1ccc(CCC(CC(=O)O)c2ccc3c(nnn3CCCCOCc3ccccc3)c2C)cc1CO.